The summed E-state index contributed by atoms with van der Waals surface area (Å²) in [6.07, 6.45) is -16.9. The first-order chi connectivity index (χ1) is 15.8. The topological polar surface area (TPSA) is 82.1 Å². The average molecular weight is 496 g/mol. The molecule has 4 atom stereocenters. The Hall–Kier alpha value is -3.19. The predicted molar refractivity (Wildman–Crippen MR) is 98.1 cm³/mol. The molecular formula is C21H15F7O6. The van der Waals surface area contributed by atoms with Crippen LogP contribution in [0.5, 0.6) is 0 Å². The lowest BCUT2D eigenvalue weighted by Gasteiger charge is -2.19. The van der Waals surface area contributed by atoms with E-state index in [1.54, 1.807) is 0 Å². The summed E-state index contributed by atoms with van der Waals surface area (Å²) in [5.74, 6) is -2.32. The standard InChI is InChI=1S/C21H15F7O6/c22-15-16(34-18(30)11-3-7-13(8-4-11)21(26,27)28)14(33-19(15)31)9-32-17(29)10-1-5-12(6-2-10)20(23,24)25/h1-8,14-16,19,31H,9H2/t14-,15+,16-,19?/m1/s1. The lowest BCUT2D eigenvalue weighted by atomic mass is 10.1. The molecule has 3 rings (SSSR count). The van der Waals surface area contributed by atoms with Gasteiger partial charge in [0.15, 0.2) is 18.6 Å². The van der Waals surface area contributed by atoms with E-state index >= 15 is 0 Å². The summed E-state index contributed by atoms with van der Waals surface area (Å²) in [6, 6.07) is 5.87. The molecule has 0 spiro atoms. The van der Waals surface area contributed by atoms with Gasteiger partial charge in [0, 0.05) is 0 Å². The summed E-state index contributed by atoms with van der Waals surface area (Å²) in [7, 11) is 0. The van der Waals surface area contributed by atoms with Gasteiger partial charge in [-0.1, -0.05) is 0 Å². The van der Waals surface area contributed by atoms with Crippen molar-refractivity contribution in [1.29, 1.82) is 0 Å². The van der Waals surface area contributed by atoms with Gasteiger partial charge in [0.05, 0.1) is 22.3 Å². The first-order valence-electron chi connectivity index (χ1n) is 9.47. The Kier molecular flexibility index (Phi) is 7.17. The van der Waals surface area contributed by atoms with Gasteiger partial charge in [0.2, 0.25) is 0 Å². The monoisotopic (exact) mass is 496 g/mol. The molecule has 1 aliphatic rings. The summed E-state index contributed by atoms with van der Waals surface area (Å²) in [5.41, 5.74) is -2.63. The van der Waals surface area contributed by atoms with Gasteiger partial charge in [-0.2, -0.15) is 26.3 Å². The Balaban J connectivity index is 1.64. The van der Waals surface area contributed by atoms with Crippen molar-refractivity contribution < 1.29 is 59.6 Å². The number of halogens is 7. The molecular weight excluding hydrogens is 481 g/mol. The van der Waals surface area contributed by atoms with Crippen molar-refractivity contribution >= 4 is 11.9 Å². The van der Waals surface area contributed by atoms with Crippen LogP contribution in [0.3, 0.4) is 0 Å². The Morgan fingerprint density at radius 1 is 0.824 bits per heavy atom. The van der Waals surface area contributed by atoms with Crippen molar-refractivity contribution in [3.05, 3.63) is 70.8 Å². The molecule has 1 unspecified atom stereocenters. The largest absolute Gasteiger partial charge is 0.459 e. The maximum atomic E-state index is 14.3. The second-order valence-electron chi connectivity index (χ2n) is 7.13. The van der Waals surface area contributed by atoms with E-state index in [4.69, 9.17) is 14.2 Å². The molecule has 1 fully saturated rings. The summed E-state index contributed by atoms with van der Waals surface area (Å²) in [4.78, 5) is 24.3. The van der Waals surface area contributed by atoms with Gasteiger partial charge in [0.1, 0.15) is 12.7 Å². The van der Waals surface area contributed by atoms with Crippen LogP contribution in [-0.4, -0.2) is 48.3 Å². The quantitative estimate of drug-likeness (QED) is 0.495. The molecule has 1 heterocycles. The number of aliphatic hydroxyl groups excluding tert-OH is 1. The third-order valence-corrected chi connectivity index (χ3v) is 4.78. The number of benzene rings is 2. The smallest absolute Gasteiger partial charge is 0.416 e. The molecule has 34 heavy (non-hydrogen) atoms. The lowest BCUT2D eigenvalue weighted by molar-refractivity contribution is -0.138. The number of hydrogen-bond acceptors (Lipinski definition) is 6. The molecule has 13 heteroatoms. The molecule has 184 valence electrons. The van der Waals surface area contributed by atoms with Gasteiger partial charge in [-0.25, -0.2) is 14.0 Å². The number of carbonyl (C=O) groups excluding carboxylic acids is 2. The highest BCUT2D eigenvalue weighted by molar-refractivity contribution is 5.90. The minimum atomic E-state index is -4.64. The van der Waals surface area contributed by atoms with Crippen molar-refractivity contribution in [2.75, 3.05) is 6.61 Å². The zero-order chi connectivity index (χ0) is 25.3. The number of esters is 2. The van der Waals surface area contributed by atoms with E-state index in [0.29, 0.717) is 24.3 Å². The number of aliphatic hydroxyl groups is 1. The highest BCUT2D eigenvalue weighted by Crippen LogP contribution is 2.31. The maximum Gasteiger partial charge on any atom is 0.416 e. The molecule has 0 bridgehead atoms. The van der Waals surface area contributed by atoms with E-state index in [-0.39, 0.29) is 11.1 Å². The van der Waals surface area contributed by atoms with Gasteiger partial charge in [-0.05, 0) is 48.5 Å². The Bertz CT molecular complexity index is 1020. The fourth-order valence-electron chi connectivity index (χ4n) is 3.00. The minimum absolute atomic E-state index is 0.262. The number of hydrogen-bond donors (Lipinski definition) is 1. The summed E-state index contributed by atoms with van der Waals surface area (Å²) in [5, 5.41) is 9.58. The van der Waals surface area contributed by atoms with Gasteiger partial charge < -0.3 is 19.3 Å². The van der Waals surface area contributed by atoms with E-state index in [1.165, 1.54) is 0 Å². The molecule has 0 aromatic heterocycles. The molecule has 1 N–H and O–H groups in total. The first-order valence-corrected chi connectivity index (χ1v) is 9.47. The van der Waals surface area contributed by atoms with Crippen molar-refractivity contribution in [2.45, 2.75) is 37.0 Å². The average Bonchev–Trinajstić information content (AvgIpc) is 3.04. The fraction of sp³-hybridized carbons (Fsp3) is 0.333. The van der Waals surface area contributed by atoms with Crippen LogP contribution in [0.25, 0.3) is 0 Å². The van der Waals surface area contributed by atoms with E-state index < -0.39 is 66.7 Å². The van der Waals surface area contributed by atoms with Crippen LogP contribution in [0.1, 0.15) is 31.8 Å². The maximum absolute atomic E-state index is 14.3. The first kappa shape index (κ1) is 25.4. The summed E-state index contributed by atoms with van der Waals surface area (Å²) >= 11 is 0. The zero-order valence-corrected chi connectivity index (χ0v) is 16.8. The van der Waals surface area contributed by atoms with Gasteiger partial charge >= 0.3 is 24.3 Å². The molecule has 0 aliphatic carbocycles. The van der Waals surface area contributed by atoms with Crippen LogP contribution in [0.15, 0.2) is 48.5 Å². The number of alkyl halides is 7. The van der Waals surface area contributed by atoms with Gasteiger partial charge in [0.25, 0.3) is 0 Å². The number of rotatable bonds is 5. The Morgan fingerprint density at radius 2 is 1.26 bits per heavy atom. The lowest BCUT2D eigenvalue weighted by Crippen LogP contribution is -2.37. The van der Waals surface area contributed by atoms with E-state index in [9.17, 15) is 45.4 Å². The molecule has 1 saturated heterocycles. The summed E-state index contributed by atoms with van der Waals surface area (Å²) < 4.78 is 105. The third-order valence-electron chi connectivity index (χ3n) is 4.78. The van der Waals surface area contributed by atoms with Crippen LogP contribution < -0.4 is 0 Å². The Morgan fingerprint density at radius 3 is 1.71 bits per heavy atom. The summed E-state index contributed by atoms with van der Waals surface area (Å²) in [6.45, 7) is -0.748. The van der Waals surface area contributed by atoms with E-state index in [1.807, 2.05) is 0 Å². The molecule has 2 aromatic rings. The molecule has 6 nitrogen and oxygen atoms in total. The van der Waals surface area contributed by atoms with E-state index in [2.05, 4.69) is 0 Å². The SMILES string of the molecule is O=C(OC[C@H]1OC(O)[C@@H](F)[C@@H]1OC(=O)c1ccc(C(F)(F)F)cc1)c1ccc(C(F)(F)F)cc1. The highest BCUT2D eigenvalue weighted by atomic mass is 19.4. The molecule has 2 aromatic carbocycles. The second kappa shape index (κ2) is 9.58. The van der Waals surface area contributed by atoms with Crippen LogP contribution in [0.4, 0.5) is 30.7 Å². The molecule has 1 aliphatic heterocycles. The van der Waals surface area contributed by atoms with Crippen molar-refractivity contribution in [3.63, 3.8) is 0 Å². The molecule has 0 amide bonds. The molecule has 0 saturated carbocycles. The van der Waals surface area contributed by atoms with Gasteiger partial charge in [-0.3, -0.25) is 0 Å². The minimum Gasteiger partial charge on any atom is -0.459 e. The Labute approximate surface area is 186 Å². The number of ether oxygens (including phenoxy) is 3. The van der Waals surface area contributed by atoms with Crippen LogP contribution in [0.2, 0.25) is 0 Å². The van der Waals surface area contributed by atoms with Crippen LogP contribution in [0, 0.1) is 0 Å². The van der Waals surface area contributed by atoms with Crippen LogP contribution in [-0.2, 0) is 26.6 Å². The van der Waals surface area contributed by atoms with E-state index in [0.717, 1.165) is 24.3 Å². The third kappa shape index (κ3) is 5.83. The molecule has 0 radical (unpaired) electrons. The fourth-order valence-corrected chi connectivity index (χ4v) is 3.00. The predicted octanol–water partition coefficient (Wildman–Crippen LogP) is 4.16. The zero-order valence-electron chi connectivity index (χ0n) is 16.8. The second-order valence-corrected chi connectivity index (χ2v) is 7.13. The normalized spacial score (nSPS) is 22.9. The van der Waals surface area contributed by atoms with Crippen molar-refractivity contribution in [1.82, 2.24) is 0 Å². The number of carbonyl (C=O) groups is 2. The highest BCUT2D eigenvalue weighted by Gasteiger charge is 2.48. The van der Waals surface area contributed by atoms with Crippen molar-refractivity contribution in [3.8, 4) is 0 Å². The van der Waals surface area contributed by atoms with Crippen molar-refractivity contribution in [2.24, 2.45) is 0 Å². The van der Waals surface area contributed by atoms with Gasteiger partial charge in [-0.15, -0.1) is 0 Å². The van der Waals surface area contributed by atoms with Crippen LogP contribution >= 0.6 is 0 Å².